The molecule has 4 heteroatoms. The number of hydrogen-bond donors (Lipinski definition) is 0. The molecule has 0 aromatic carbocycles. The van der Waals surface area contributed by atoms with Gasteiger partial charge in [-0.3, -0.25) is 0 Å². The van der Waals surface area contributed by atoms with E-state index in [0.717, 1.165) is 22.3 Å². The van der Waals surface area contributed by atoms with Crippen LogP contribution in [0.1, 0.15) is 26.7 Å². The van der Waals surface area contributed by atoms with Crippen LogP contribution in [0.5, 0.6) is 0 Å². The summed E-state index contributed by atoms with van der Waals surface area (Å²) in [6.07, 6.45) is 1.70. The van der Waals surface area contributed by atoms with Crippen molar-refractivity contribution in [1.82, 2.24) is 0 Å². The summed E-state index contributed by atoms with van der Waals surface area (Å²) in [6.45, 7) is 4.04. The first-order chi connectivity index (χ1) is 4.93. The summed E-state index contributed by atoms with van der Waals surface area (Å²) in [7, 11) is 12.1. The van der Waals surface area contributed by atoms with Crippen molar-refractivity contribution >= 4 is 42.8 Å². The molecule has 0 aliphatic carbocycles. The Hall–Kier alpha value is 1.13. The summed E-state index contributed by atoms with van der Waals surface area (Å²) in [6, 6.07) is 0. The molecule has 0 rings (SSSR count). The van der Waals surface area contributed by atoms with Crippen LogP contribution in [0.4, 0.5) is 0 Å². The van der Waals surface area contributed by atoms with E-state index in [9.17, 15) is 0 Å². The van der Waals surface area contributed by atoms with E-state index in [1.807, 2.05) is 19.7 Å². The van der Waals surface area contributed by atoms with Crippen LogP contribution in [0.15, 0.2) is 9.50 Å². The van der Waals surface area contributed by atoms with Gasteiger partial charge in [0, 0.05) is 0 Å². The van der Waals surface area contributed by atoms with E-state index in [1.54, 1.807) is 0 Å². The van der Waals surface area contributed by atoms with Crippen molar-refractivity contribution in [2.45, 2.75) is 32.5 Å². The molecule has 0 saturated carbocycles. The Kier molecular flexibility index (Phi) is 5.50. The Morgan fingerprint density at radius 1 is 1.18 bits per heavy atom. The van der Waals surface area contributed by atoms with E-state index in [1.165, 1.54) is 0 Å². The molecule has 0 unspecified atom stereocenters. The number of halogens is 3. The van der Waals surface area contributed by atoms with E-state index >= 15 is 0 Å². The van der Waals surface area contributed by atoms with Gasteiger partial charge in [-0.1, -0.05) is 0 Å². The summed E-state index contributed by atoms with van der Waals surface area (Å²) in [5.41, 5.74) is 0. The monoisotopic (exact) mass is 282 g/mol. The summed E-state index contributed by atoms with van der Waals surface area (Å²) in [5, 5.41) is 0.847. The molecule has 0 aromatic rings. The minimum absolute atomic E-state index is 0.830. The second-order valence-electron chi connectivity index (χ2n) is 2.26. The van der Waals surface area contributed by atoms with Crippen molar-refractivity contribution < 1.29 is 0 Å². The van der Waals surface area contributed by atoms with E-state index < -0.39 is 11.0 Å². The van der Waals surface area contributed by atoms with Gasteiger partial charge in [0.2, 0.25) is 0 Å². The third kappa shape index (κ3) is 4.05. The van der Waals surface area contributed by atoms with Crippen LogP contribution in [0.25, 0.3) is 0 Å². The normalized spacial score (nSPS) is 16.2. The van der Waals surface area contributed by atoms with Gasteiger partial charge in [-0.05, 0) is 0 Å². The fourth-order valence-electron chi connectivity index (χ4n) is 0.837. The summed E-state index contributed by atoms with van der Waals surface area (Å²) in [4.78, 5) is 0. The van der Waals surface area contributed by atoms with Crippen LogP contribution in [0, 0.1) is 0 Å². The zero-order chi connectivity index (χ0) is 9.07. The molecular weight excluding hydrogens is 269 g/mol. The molecule has 68 valence electrons. The predicted molar refractivity (Wildman–Crippen MR) is 56.8 cm³/mol. The minimum atomic E-state index is -2.35. The second-order valence-corrected chi connectivity index (χ2v) is 14.0. The second kappa shape index (κ2) is 4.99. The number of allylic oxidation sites excluding steroid dienone is 2. The molecule has 0 nitrogen and oxygen atoms in total. The van der Waals surface area contributed by atoms with E-state index in [4.69, 9.17) is 31.8 Å². The third-order valence-corrected chi connectivity index (χ3v) is 6.99. The first-order valence-electron chi connectivity index (χ1n) is 3.48. The first kappa shape index (κ1) is 12.1. The van der Waals surface area contributed by atoms with Crippen molar-refractivity contribution in [3.05, 3.63) is 9.50 Å². The maximum absolute atomic E-state index is 6.05. The van der Waals surface area contributed by atoms with Gasteiger partial charge in [-0.25, -0.2) is 0 Å². The molecule has 0 amide bonds. The topological polar surface area (TPSA) is 0 Å². The molecule has 0 radical (unpaired) electrons. The first-order valence-corrected chi connectivity index (χ1v) is 10.9. The van der Waals surface area contributed by atoms with Gasteiger partial charge in [0.1, 0.15) is 0 Å². The van der Waals surface area contributed by atoms with Crippen LogP contribution >= 0.6 is 31.8 Å². The molecule has 0 bridgehead atoms. The molecule has 11 heavy (non-hydrogen) atoms. The van der Waals surface area contributed by atoms with Crippen molar-refractivity contribution in [1.29, 1.82) is 0 Å². The van der Waals surface area contributed by atoms with Crippen LogP contribution in [0.3, 0.4) is 0 Å². The molecule has 0 fully saturated rings. The maximum atomic E-state index is 6.05. The average molecular weight is 282 g/mol. The Morgan fingerprint density at radius 2 is 1.64 bits per heavy atom. The molecule has 0 aromatic heterocycles. The number of hydrogen-bond acceptors (Lipinski definition) is 0. The molecule has 0 aliphatic rings. The molecular formula is C7H13Cl3Se. The van der Waals surface area contributed by atoms with Gasteiger partial charge in [-0.2, -0.15) is 0 Å². The van der Waals surface area contributed by atoms with E-state index in [0.29, 0.717) is 0 Å². The van der Waals surface area contributed by atoms with Gasteiger partial charge in [0.05, 0.1) is 0 Å². The third-order valence-electron chi connectivity index (χ3n) is 1.37. The fourth-order valence-corrected chi connectivity index (χ4v) is 6.47. The standard InChI is InChI=1S/C7H13Cl3Se/c1-4-6(8)7(5-2)11(3,9)10/h4-5H2,1-3H3/b7-6+. The Labute approximate surface area is 84.6 Å². The zero-order valence-corrected chi connectivity index (χ0v) is 10.9. The van der Waals surface area contributed by atoms with Gasteiger partial charge < -0.3 is 0 Å². The number of rotatable bonds is 3. The van der Waals surface area contributed by atoms with Crippen molar-refractivity contribution in [3.63, 3.8) is 0 Å². The van der Waals surface area contributed by atoms with Gasteiger partial charge in [0.25, 0.3) is 0 Å². The van der Waals surface area contributed by atoms with Crippen LogP contribution in [0.2, 0.25) is 5.82 Å². The summed E-state index contributed by atoms with van der Waals surface area (Å²) in [5.74, 6) is 1.90. The molecule has 0 saturated heterocycles. The molecule has 0 atom stereocenters. The Bertz CT molecular complexity index is 158. The SMILES string of the molecule is CC/C(Cl)=C(/CC)[Se](C)(Cl)Cl. The van der Waals surface area contributed by atoms with Gasteiger partial charge in [0.15, 0.2) is 0 Å². The van der Waals surface area contributed by atoms with Crippen molar-refractivity contribution in [2.24, 2.45) is 0 Å². The fraction of sp³-hybridized carbons (Fsp3) is 0.714. The van der Waals surface area contributed by atoms with E-state index in [2.05, 4.69) is 0 Å². The quantitative estimate of drug-likeness (QED) is 0.674. The van der Waals surface area contributed by atoms with Crippen molar-refractivity contribution in [3.8, 4) is 0 Å². The predicted octanol–water partition coefficient (Wildman–Crippen LogP) is 4.39. The van der Waals surface area contributed by atoms with Crippen LogP contribution in [-0.4, -0.2) is 11.0 Å². The van der Waals surface area contributed by atoms with E-state index in [-0.39, 0.29) is 0 Å². The van der Waals surface area contributed by atoms with Gasteiger partial charge >= 0.3 is 84.8 Å². The Morgan fingerprint density at radius 3 is 1.73 bits per heavy atom. The van der Waals surface area contributed by atoms with Crippen LogP contribution < -0.4 is 0 Å². The Balaban J connectivity index is 4.66. The molecule has 0 heterocycles. The van der Waals surface area contributed by atoms with Crippen LogP contribution in [-0.2, 0) is 0 Å². The summed E-state index contributed by atoms with van der Waals surface area (Å²) >= 11 is 3.62. The summed E-state index contributed by atoms with van der Waals surface area (Å²) < 4.78 is 1.08. The molecule has 0 N–H and O–H groups in total. The molecule has 0 aliphatic heterocycles. The average Bonchev–Trinajstić information content (AvgIpc) is 1.86. The zero-order valence-electron chi connectivity index (χ0n) is 6.96. The molecule has 0 spiro atoms. The van der Waals surface area contributed by atoms with Gasteiger partial charge in [-0.15, -0.1) is 0 Å². The van der Waals surface area contributed by atoms with Crippen molar-refractivity contribution in [2.75, 3.05) is 0 Å².